The minimum atomic E-state index is 0.627. The highest BCUT2D eigenvalue weighted by atomic mass is 16.5. The normalized spacial score (nSPS) is 13.1. The summed E-state index contributed by atoms with van der Waals surface area (Å²) < 4.78 is 5.54. The highest BCUT2D eigenvalue weighted by molar-refractivity contribution is 5.57. The van der Waals surface area contributed by atoms with Crippen molar-refractivity contribution >= 4 is 5.69 Å². The van der Waals surface area contributed by atoms with Crippen LogP contribution >= 0.6 is 0 Å². The van der Waals surface area contributed by atoms with Crippen molar-refractivity contribution in [3.05, 3.63) is 65.0 Å². The Morgan fingerprint density at radius 1 is 0.824 bits per heavy atom. The lowest BCUT2D eigenvalue weighted by atomic mass is 9.90. The first-order chi connectivity index (χ1) is 16.8. The van der Waals surface area contributed by atoms with Crippen molar-refractivity contribution in [3.8, 4) is 11.5 Å². The highest BCUT2D eigenvalue weighted by Gasteiger charge is 2.13. The molecule has 1 aliphatic carbocycles. The average molecular weight is 460 g/mol. The summed E-state index contributed by atoms with van der Waals surface area (Å²) in [6.07, 6.45) is 17.9. The molecule has 1 N–H and O–H groups in total. The molecule has 1 aliphatic rings. The van der Waals surface area contributed by atoms with Gasteiger partial charge in [-0.2, -0.15) is 4.98 Å². The third kappa shape index (κ3) is 7.19. The van der Waals surface area contributed by atoms with E-state index in [9.17, 15) is 0 Å². The van der Waals surface area contributed by atoms with Gasteiger partial charge < -0.3 is 9.84 Å². The summed E-state index contributed by atoms with van der Waals surface area (Å²) in [4.78, 5) is 4.63. The molecule has 3 aromatic rings. The van der Waals surface area contributed by atoms with Gasteiger partial charge in [-0.25, -0.2) is 0 Å². The van der Waals surface area contributed by atoms with Crippen LogP contribution in [0.1, 0.15) is 100 Å². The molecule has 4 rings (SSSR count). The number of anilines is 1. The van der Waals surface area contributed by atoms with Crippen molar-refractivity contribution in [3.63, 3.8) is 0 Å². The lowest BCUT2D eigenvalue weighted by molar-refractivity contribution is 0.421. The van der Waals surface area contributed by atoms with E-state index in [2.05, 4.69) is 64.8 Å². The van der Waals surface area contributed by atoms with Crippen LogP contribution in [0.5, 0.6) is 0 Å². The predicted molar refractivity (Wildman–Crippen MR) is 141 cm³/mol. The second kappa shape index (κ2) is 13.3. The van der Waals surface area contributed by atoms with Crippen LogP contribution in [0, 0.1) is 0 Å². The molecule has 0 amide bonds. The Balaban J connectivity index is 1.20. The van der Waals surface area contributed by atoms with Crippen LogP contribution in [0.4, 0.5) is 5.69 Å². The van der Waals surface area contributed by atoms with Crippen molar-refractivity contribution in [1.29, 1.82) is 0 Å². The Morgan fingerprint density at radius 3 is 2.35 bits per heavy atom. The fourth-order valence-corrected chi connectivity index (χ4v) is 4.98. The molecule has 1 heterocycles. The van der Waals surface area contributed by atoms with Gasteiger partial charge in [-0.1, -0.05) is 87.7 Å². The first-order valence-corrected chi connectivity index (χ1v) is 13.6. The molecule has 1 aromatic heterocycles. The molecule has 0 bridgehead atoms. The van der Waals surface area contributed by atoms with Gasteiger partial charge in [0.15, 0.2) is 5.82 Å². The molecule has 4 heteroatoms. The zero-order chi connectivity index (χ0) is 23.4. The maximum atomic E-state index is 5.54. The van der Waals surface area contributed by atoms with Gasteiger partial charge in [0.05, 0.1) is 0 Å². The summed E-state index contributed by atoms with van der Waals surface area (Å²) >= 11 is 0. The molecule has 0 spiro atoms. The second-order valence-corrected chi connectivity index (χ2v) is 9.80. The Kier molecular flexibility index (Phi) is 9.60. The van der Waals surface area contributed by atoms with E-state index in [0.717, 1.165) is 30.8 Å². The van der Waals surface area contributed by atoms with E-state index in [-0.39, 0.29) is 0 Å². The third-order valence-corrected chi connectivity index (χ3v) is 7.05. The predicted octanol–water partition coefficient (Wildman–Crippen LogP) is 8.30. The van der Waals surface area contributed by atoms with Crippen molar-refractivity contribution in [1.82, 2.24) is 10.1 Å². The summed E-state index contributed by atoms with van der Waals surface area (Å²) in [5.74, 6) is 1.46. The number of rotatable bonds is 14. The number of nitrogens with one attached hydrogen (secondary N) is 1. The molecule has 0 unspecified atom stereocenters. The third-order valence-electron chi connectivity index (χ3n) is 7.05. The first-order valence-electron chi connectivity index (χ1n) is 13.6. The van der Waals surface area contributed by atoms with E-state index in [1.54, 1.807) is 0 Å². The van der Waals surface area contributed by atoms with Gasteiger partial charge in [0, 0.05) is 24.2 Å². The topological polar surface area (TPSA) is 51.0 Å². The van der Waals surface area contributed by atoms with Crippen LogP contribution < -0.4 is 5.32 Å². The molecular weight excluding hydrogens is 418 g/mol. The van der Waals surface area contributed by atoms with Crippen molar-refractivity contribution in [2.75, 3.05) is 5.32 Å². The molecule has 182 valence electrons. The van der Waals surface area contributed by atoms with E-state index >= 15 is 0 Å². The average Bonchev–Trinajstić information content (AvgIpc) is 3.36. The minimum Gasteiger partial charge on any atom is -0.381 e. The summed E-state index contributed by atoms with van der Waals surface area (Å²) in [5, 5.41) is 7.85. The monoisotopic (exact) mass is 459 g/mol. The Labute approximate surface area is 205 Å². The number of aromatic nitrogens is 2. The molecule has 0 fully saturated rings. The second-order valence-electron chi connectivity index (χ2n) is 9.80. The minimum absolute atomic E-state index is 0.627. The van der Waals surface area contributed by atoms with Crippen LogP contribution in [-0.2, 0) is 25.8 Å². The zero-order valence-corrected chi connectivity index (χ0v) is 21.0. The summed E-state index contributed by atoms with van der Waals surface area (Å²) in [5.41, 5.74) is 6.56. The smallest absolute Gasteiger partial charge is 0.257 e. The highest BCUT2D eigenvalue weighted by Crippen LogP contribution is 2.28. The molecule has 0 saturated carbocycles. The van der Waals surface area contributed by atoms with Crippen LogP contribution in [0.3, 0.4) is 0 Å². The number of fused-ring (bicyclic) bond motifs is 1. The summed E-state index contributed by atoms with van der Waals surface area (Å²) in [6, 6.07) is 15.2. The number of aryl methyl sites for hydroxylation is 2. The van der Waals surface area contributed by atoms with Gasteiger partial charge in [-0.05, 0) is 67.0 Å². The maximum absolute atomic E-state index is 5.54. The molecule has 0 aliphatic heterocycles. The van der Waals surface area contributed by atoms with Crippen molar-refractivity contribution in [2.24, 2.45) is 0 Å². The SMILES string of the molecule is CCCCCCCCCCCc1noc(-c2ccc(CNc3cccc4c3CCCC4)cc2)n1. The quantitative estimate of drug-likeness (QED) is 0.246. The van der Waals surface area contributed by atoms with E-state index < -0.39 is 0 Å². The number of hydrogen-bond donors (Lipinski definition) is 1. The number of nitrogens with zero attached hydrogens (tertiary/aromatic N) is 2. The fourth-order valence-electron chi connectivity index (χ4n) is 4.98. The fraction of sp³-hybridized carbons (Fsp3) is 0.533. The standard InChI is InChI=1S/C30H41N3O/c1-2-3-4-5-6-7-8-9-10-18-29-32-30(34-33-29)26-21-19-24(20-22-26)23-31-28-17-13-15-25-14-11-12-16-27(25)28/h13,15,17,19-22,31H,2-12,14,16,18,23H2,1H3. The molecule has 0 radical (unpaired) electrons. The summed E-state index contributed by atoms with van der Waals surface area (Å²) in [6.45, 7) is 3.10. The largest absolute Gasteiger partial charge is 0.381 e. The lowest BCUT2D eigenvalue weighted by Gasteiger charge is -2.20. The molecular formula is C30H41N3O. The first kappa shape index (κ1) is 24.5. The Hall–Kier alpha value is -2.62. The van der Waals surface area contributed by atoms with Crippen LogP contribution in [0.25, 0.3) is 11.5 Å². The van der Waals surface area contributed by atoms with E-state index in [0.29, 0.717) is 5.89 Å². The molecule has 0 atom stereocenters. The summed E-state index contributed by atoms with van der Waals surface area (Å²) in [7, 11) is 0. The zero-order valence-electron chi connectivity index (χ0n) is 21.0. The van der Waals surface area contributed by atoms with E-state index in [1.807, 2.05) is 0 Å². The van der Waals surface area contributed by atoms with Crippen molar-refractivity contribution < 1.29 is 4.52 Å². The van der Waals surface area contributed by atoms with Gasteiger partial charge >= 0.3 is 0 Å². The molecule has 2 aromatic carbocycles. The Morgan fingerprint density at radius 2 is 1.56 bits per heavy atom. The van der Waals surface area contributed by atoms with E-state index in [4.69, 9.17) is 4.52 Å². The van der Waals surface area contributed by atoms with Crippen LogP contribution in [0.2, 0.25) is 0 Å². The van der Waals surface area contributed by atoms with Crippen LogP contribution in [0.15, 0.2) is 47.0 Å². The molecule has 34 heavy (non-hydrogen) atoms. The van der Waals surface area contributed by atoms with Gasteiger partial charge in [0.25, 0.3) is 5.89 Å². The lowest BCUT2D eigenvalue weighted by Crippen LogP contribution is -2.08. The van der Waals surface area contributed by atoms with Gasteiger partial charge in [0.2, 0.25) is 0 Å². The maximum Gasteiger partial charge on any atom is 0.257 e. The van der Waals surface area contributed by atoms with Crippen LogP contribution in [-0.4, -0.2) is 10.1 Å². The van der Waals surface area contributed by atoms with Gasteiger partial charge in [-0.15, -0.1) is 0 Å². The number of unbranched alkanes of at least 4 members (excludes halogenated alkanes) is 8. The van der Waals surface area contributed by atoms with Crippen molar-refractivity contribution in [2.45, 2.75) is 103 Å². The number of benzene rings is 2. The van der Waals surface area contributed by atoms with E-state index in [1.165, 1.54) is 99.4 Å². The number of hydrogen-bond acceptors (Lipinski definition) is 4. The molecule has 0 saturated heterocycles. The van der Waals surface area contributed by atoms with Gasteiger partial charge in [0.1, 0.15) is 0 Å². The van der Waals surface area contributed by atoms with Gasteiger partial charge in [-0.3, -0.25) is 0 Å². The Bertz CT molecular complexity index is 993. The molecule has 4 nitrogen and oxygen atoms in total.